The minimum absolute atomic E-state index is 0.304. The van der Waals surface area contributed by atoms with Gasteiger partial charge < -0.3 is 9.84 Å². The van der Waals surface area contributed by atoms with Crippen molar-refractivity contribution < 1.29 is 14.6 Å². The molecule has 0 heterocycles. The molecule has 3 rings (SSSR count). The quantitative estimate of drug-likeness (QED) is 0.709. The van der Waals surface area contributed by atoms with E-state index in [1.165, 1.54) is 0 Å². The SMILES string of the molecule is O=C(O)C(Cc1cccc(Br)c1)Oc1cccc2ccccc12. The molecule has 4 heteroatoms. The summed E-state index contributed by atoms with van der Waals surface area (Å²) in [5.41, 5.74) is 0.909. The number of fused-ring (bicyclic) bond motifs is 1. The van der Waals surface area contributed by atoms with Crippen LogP contribution < -0.4 is 4.74 Å². The monoisotopic (exact) mass is 370 g/mol. The maximum atomic E-state index is 11.6. The molecule has 1 atom stereocenters. The van der Waals surface area contributed by atoms with Crippen molar-refractivity contribution in [2.24, 2.45) is 0 Å². The molecule has 3 nitrogen and oxygen atoms in total. The van der Waals surface area contributed by atoms with Gasteiger partial charge in [0.15, 0.2) is 6.10 Å². The number of carboxylic acid groups (broad SMARTS) is 1. The molecule has 0 aliphatic heterocycles. The van der Waals surface area contributed by atoms with Gasteiger partial charge >= 0.3 is 5.97 Å². The second-order valence-electron chi connectivity index (χ2n) is 5.26. The number of ether oxygens (including phenoxy) is 1. The molecule has 3 aromatic rings. The number of hydrogen-bond donors (Lipinski definition) is 1. The molecule has 0 saturated heterocycles. The summed E-state index contributed by atoms with van der Waals surface area (Å²) < 4.78 is 6.74. The van der Waals surface area contributed by atoms with Gasteiger partial charge in [0, 0.05) is 16.3 Å². The Hall–Kier alpha value is -2.33. The number of carboxylic acids is 1. The second-order valence-corrected chi connectivity index (χ2v) is 6.17. The van der Waals surface area contributed by atoms with Crippen LogP contribution in [0.25, 0.3) is 10.8 Å². The van der Waals surface area contributed by atoms with E-state index in [0.29, 0.717) is 12.2 Å². The topological polar surface area (TPSA) is 46.5 Å². The highest BCUT2D eigenvalue weighted by molar-refractivity contribution is 9.10. The standard InChI is InChI=1S/C19H15BrO3/c20-15-8-3-5-13(11-15)12-18(19(21)22)23-17-10-4-7-14-6-1-2-9-16(14)17/h1-11,18H,12H2,(H,21,22). The van der Waals surface area contributed by atoms with Crippen LogP contribution in [-0.2, 0) is 11.2 Å². The molecule has 116 valence electrons. The fourth-order valence-corrected chi connectivity index (χ4v) is 2.96. The third kappa shape index (κ3) is 3.71. The lowest BCUT2D eigenvalue weighted by molar-refractivity contribution is -0.144. The van der Waals surface area contributed by atoms with Crippen LogP contribution >= 0.6 is 15.9 Å². The molecule has 0 saturated carbocycles. The minimum atomic E-state index is -0.974. The highest BCUT2D eigenvalue weighted by Crippen LogP contribution is 2.27. The number of benzene rings is 3. The summed E-state index contributed by atoms with van der Waals surface area (Å²) in [5, 5.41) is 11.4. The Labute approximate surface area is 142 Å². The van der Waals surface area contributed by atoms with Crippen LogP contribution in [0.1, 0.15) is 5.56 Å². The van der Waals surface area contributed by atoms with Crippen LogP contribution in [0.4, 0.5) is 0 Å². The summed E-state index contributed by atoms with van der Waals surface area (Å²) in [5.74, 6) is -0.386. The summed E-state index contributed by atoms with van der Waals surface area (Å²) >= 11 is 3.40. The highest BCUT2D eigenvalue weighted by atomic mass is 79.9. The lowest BCUT2D eigenvalue weighted by Gasteiger charge is -2.17. The zero-order chi connectivity index (χ0) is 16.2. The Morgan fingerprint density at radius 3 is 2.57 bits per heavy atom. The molecular formula is C19H15BrO3. The van der Waals surface area contributed by atoms with Crippen LogP contribution in [0.15, 0.2) is 71.2 Å². The maximum Gasteiger partial charge on any atom is 0.345 e. The highest BCUT2D eigenvalue weighted by Gasteiger charge is 2.21. The van der Waals surface area contributed by atoms with E-state index in [0.717, 1.165) is 20.8 Å². The first-order chi connectivity index (χ1) is 11.1. The van der Waals surface area contributed by atoms with Gasteiger partial charge in [-0.2, -0.15) is 0 Å². The van der Waals surface area contributed by atoms with Gasteiger partial charge in [-0.15, -0.1) is 0 Å². The fourth-order valence-electron chi connectivity index (χ4n) is 2.51. The Morgan fingerprint density at radius 2 is 1.78 bits per heavy atom. The van der Waals surface area contributed by atoms with Gasteiger partial charge in [0.2, 0.25) is 0 Å². The molecule has 3 aromatic carbocycles. The molecule has 0 spiro atoms. The molecule has 0 amide bonds. The number of halogens is 1. The molecule has 1 N–H and O–H groups in total. The molecule has 0 aliphatic rings. The van der Waals surface area contributed by atoms with Gasteiger partial charge in [0.05, 0.1) is 0 Å². The van der Waals surface area contributed by atoms with E-state index in [1.54, 1.807) is 6.07 Å². The van der Waals surface area contributed by atoms with Gasteiger partial charge in [0.25, 0.3) is 0 Å². The van der Waals surface area contributed by atoms with Crippen molar-refractivity contribution in [2.45, 2.75) is 12.5 Å². The van der Waals surface area contributed by atoms with Gasteiger partial charge in [-0.05, 0) is 29.1 Å². The van der Waals surface area contributed by atoms with E-state index in [-0.39, 0.29) is 0 Å². The van der Waals surface area contributed by atoms with E-state index in [4.69, 9.17) is 4.74 Å². The second kappa shape index (κ2) is 6.84. The van der Waals surface area contributed by atoms with Gasteiger partial charge in [-0.1, -0.05) is 64.5 Å². The molecule has 0 radical (unpaired) electrons. The Balaban J connectivity index is 1.88. The normalized spacial score (nSPS) is 12.0. The van der Waals surface area contributed by atoms with E-state index in [2.05, 4.69) is 15.9 Å². The third-order valence-corrected chi connectivity index (χ3v) is 4.10. The molecule has 23 heavy (non-hydrogen) atoms. The van der Waals surface area contributed by atoms with Crippen molar-refractivity contribution in [3.05, 3.63) is 76.8 Å². The first-order valence-corrected chi connectivity index (χ1v) is 8.04. The zero-order valence-corrected chi connectivity index (χ0v) is 13.9. The Kier molecular flexibility index (Phi) is 4.63. The van der Waals surface area contributed by atoms with E-state index in [1.807, 2.05) is 60.7 Å². The van der Waals surface area contributed by atoms with Crippen molar-refractivity contribution in [2.75, 3.05) is 0 Å². The van der Waals surface area contributed by atoms with Crippen molar-refractivity contribution >= 4 is 32.7 Å². The van der Waals surface area contributed by atoms with E-state index in [9.17, 15) is 9.90 Å². The predicted molar refractivity (Wildman–Crippen MR) is 93.8 cm³/mol. The Bertz CT molecular complexity index is 839. The van der Waals surface area contributed by atoms with Crippen molar-refractivity contribution in [3.8, 4) is 5.75 Å². The minimum Gasteiger partial charge on any atom is -0.478 e. The van der Waals surface area contributed by atoms with Gasteiger partial charge in [-0.25, -0.2) is 4.79 Å². The molecule has 0 aromatic heterocycles. The summed E-state index contributed by atoms with van der Waals surface area (Å²) in [7, 11) is 0. The summed E-state index contributed by atoms with van der Waals surface area (Å²) in [6, 6.07) is 21.0. The lowest BCUT2D eigenvalue weighted by Crippen LogP contribution is -2.29. The fraction of sp³-hybridized carbons (Fsp3) is 0.105. The molecule has 0 aliphatic carbocycles. The van der Waals surface area contributed by atoms with Gasteiger partial charge in [-0.3, -0.25) is 0 Å². The molecule has 1 unspecified atom stereocenters. The number of aliphatic carboxylic acids is 1. The molecular weight excluding hydrogens is 356 g/mol. The van der Waals surface area contributed by atoms with Crippen molar-refractivity contribution in [1.29, 1.82) is 0 Å². The first-order valence-electron chi connectivity index (χ1n) is 7.25. The summed E-state index contributed by atoms with van der Waals surface area (Å²) in [6.07, 6.45) is -0.632. The number of carbonyl (C=O) groups is 1. The number of rotatable bonds is 5. The summed E-state index contributed by atoms with van der Waals surface area (Å²) in [4.78, 5) is 11.6. The average molecular weight is 371 g/mol. The van der Waals surface area contributed by atoms with Crippen LogP contribution in [0, 0.1) is 0 Å². The number of hydrogen-bond acceptors (Lipinski definition) is 2. The van der Waals surface area contributed by atoms with Crippen LogP contribution in [0.2, 0.25) is 0 Å². The predicted octanol–water partition coefficient (Wildman–Crippen LogP) is 4.68. The third-order valence-electron chi connectivity index (χ3n) is 3.60. The van der Waals surface area contributed by atoms with Crippen LogP contribution in [-0.4, -0.2) is 17.2 Å². The lowest BCUT2D eigenvalue weighted by atomic mass is 10.1. The zero-order valence-electron chi connectivity index (χ0n) is 12.3. The van der Waals surface area contributed by atoms with E-state index >= 15 is 0 Å². The van der Waals surface area contributed by atoms with Crippen molar-refractivity contribution in [3.63, 3.8) is 0 Å². The summed E-state index contributed by atoms with van der Waals surface area (Å²) in [6.45, 7) is 0. The van der Waals surface area contributed by atoms with Crippen molar-refractivity contribution in [1.82, 2.24) is 0 Å². The molecule has 0 fully saturated rings. The van der Waals surface area contributed by atoms with Crippen LogP contribution in [0.5, 0.6) is 5.75 Å². The largest absolute Gasteiger partial charge is 0.478 e. The first kappa shape index (κ1) is 15.6. The molecule has 0 bridgehead atoms. The smallest absolute Gasteiger partial charge is 0.345 e. The van der Waals surface area contributed by atoms with Crippen LogP contribution in [0.3, 0.4) is 0 Å². The maximum absolute atomic E-state index is 11.6. The van der Waals surface area contributed by atoms with E-state index < -0.39 is 12.1 Å². The Morgan fingerprint density at radius 1 is 1.04 bits per heavy atom. The average Bonchev–Trinajstić information content (AvgIpc) is 2.54. The van der Waals surface area contributed by atoms with Gasteiger partial charge in [0.1, 0.15) is 5.75 Å².